The minimum atomic E-state index is -0.284. The summed E-state index contributed by atoms with van der Waals surface area (Å²) in [5.41, 5.74) is -0.284. The second-order valence-electron chi connectivity index (χ2n) is 6.17. The summed E-state index contributed by atoms with van der Waals surface area (Å²) < 4.78 is 5.42. The van der Waals surface area contributed by atoms with Crippen LogP contribution in [0.4, 0.5) is 0 Å². The van der Waals surface area contributed by atoms with E-state index in [1.54, 1.807) is 0 Å². The molecule has 0 atom stereocenters. The zero-order valence-electron chi connectivity index (χ0n) is 16.3. The van der Waals surface area contributed by atoms with Crippen molar-refractivity contribution in [2.45, 2.75) is 104 Å². The van der Waals surface area contributed by atoms with Crippen molar-refractivity contribution in [3.8, 4) is 0 Å². The van der Waals surface area contributed by atoms with Gasteiger partial charge in [0.2, 0.25) is 0 Å². The SMILES string of the molecule is CCCCCCCCCCCC(C)(C)OC(=O)CC.N.[H-].[Na+]. The molecule has 0 aromatic rings. The molecule has 0 spiro atoms. The van der Waals surface area contributed by atoms with Gasteiger partial charge in [0.15, 0.2) is 0 Å². The Kier molecular flexibility index (Phi) is 21.1. The van der Waals surface area contributed by atoms with Gasteiger partial charge in [0.1, 0.15) is 5.60 Å². The fourth-order valence-electron chi connectivity index (χ4n) is 2.29. The first-order valence-electron chi connectivity index (χ1n) is 8.23. The molecule has 3 N–H and O–H groups in total. The topological polar surface area (TPSA) is 61.3 Å². The number of hydrogen-bond acceptors (Lipinski definition) is 3. The number of carbonyl (C=O) groups is 1. The number of ether oxygens (including phenoxy) is 1. The van der Waals surface area contributed by atoms with E-state index in [2.05, 4.69) is 6.92 Å². The molecule has 0 bridgehead atoms. The first-order chi connectivity index (χ1) is 9.02. The molecule has 0 fully saturated rings. The van der Waals surface area contributed by atoms with Gasteiger partial charge in [-0.2, -0.15) is 0 Å². The Morgan fingerprint density at radius 2 is 1.33 bits per heavy atom. The summed E-state index contributed by atoms with van der Waals surface area (Å²) in [5, 5.41) is 0. The van der Waals surface area contributed by atoms with E-state index in [0.717, 1.165) is 6.42 Å². The number of carbonyl (C=O) groups excluding carboxylic acids is 1. The minimum absolute atomic E-state index is 0. The predicted octanol–water partition coefficient (Wildman–Crippen LogP) is 2.92. The second kappa shape index (κ2) is 16.8. The predicted molar refractivity (Wildman–Crippen MR) is 88.4 cm³/mol. The van der Waals surface area contributed by atoms with Gasteiger partial charge < -0.3 is 12.3 Å². The van der Waals surface area contributed by atoms with Gasteiger partial charge in [0.05, 0.1) is 0 Å². The van der Waals surface area contributed by atoms with E-state index in [0.29, 0.717) is 6.42 Å². The summed E-state index contributed by atoms with van der Waals surface area (Å²) in [7, 11) is 0. The van der Waals surface area contributed by atoms with E-state index in [4.69, 9.17) is 4.74 Å². The van der Waals surface area contributed by atoms with Crippen molar-refractivity contribution < 1.29 is 40.5 Å². The first-order valence-corrected chi connectivity index (χ1v) is 8.23. The van der Waals surface area contributed by atoms with Crippen molar-refractivity contribution >= 4 is 5.97 Å². The minimum Gasteiger partial charge on any atom is -1.00 e. The van der Waals surface area contributed by atoms with Crippen molar-refractivity contribution in [2.24, 2.45) is 0 Å². The molecule has 21 heavy (non-hydrogen) atoms. The molecule has 0 rings (SSSR count). The molecule has 0 unspecified atom stereocenters. The number of unbranched alkanes of at least 4 members (excludes halogenated alkanes) is 8. The zero-order chi connectivity index (χ0) is 14.6. The van der Waals surface area contributed by atoms with Crippen LogP contribution in [0.1, 0.15) is 99.8 Å². The van der Waals surface area contributed by atoms with E-state index in [-0.39, 0.29) is 48.7 Å². The van der Waals surface area contributed by atoms with Crippen LogP contribution in [0.25, 0.3) is 0 Å². The maximum Gasteiger partial charge on any atom is 1.00 e. The first kappa shape index (κ1) is 26.3. The summed E-state index contributed by atoms with van der Waals surface area (Å²) in [4.78, 5) is 11.3. The van der Waals surface area contributed by atoms with Crippen molar-refractivity contribution in [3.05, 3.63) is 0 Å². The Balaban J connectivity index is -0.000000540. The van der Waals surface area contributed by atoms with Gasteiger partial charge in [-0.1, -0.05) is 65.2 Å². The van der Waals surface area contributed by atoms with Crippen molar-refractivity contribution in [1.29, 1.82) is 0 Å². The quantitative estimate of drug-likeness (QED) is 0.342. The Labute approximate surface area is 156 Å². The Bertz CT molecular complexity index is 239. The van der Waals surface area contributed by atoms with Crippen LogP contribution in [0.2, 0.25) is 0 Å². The largest absolute Gasteiger partial charge is 1.00 e. The molecule has 0 aliphatic carbocycles. The average Bonchev–Trinajstić information content (AvgIpc) is 2.36. The maximum atomic E-state index is 11.3. The summed E-state index contributed by atoms with van der Waals surface area (Å²) in [6.07, 6.45) is 13.5. The van der Waals surface area contributed by atoms with Crippen LogP contribution in [0.5, 0.6) is 0 Å². The third kappa shape index (κ3) is 18.4. The molecule has 124 valence electrons. The van der Waals surface area contributed by atoms with Gasteiger partial charge in [-0.15, -0.1) is 0 Å². The fourth-order valence-corrected chi connectivity index (χ4v) is 2.29. The molecule has 0 saturated heterocycles. The summed E-state index contributed by atoms with van der Waals surface area (Å²) in [6, 6.07) is 0. The molecule has 0 saturated carbocycles. The summed E-state index contributed by atoms with van der Waals surface area (Å²) >= 11 is 0. The van der Waals surface area contributed by atoms with Crippen LogP contribution in [0.15, 0.2) is 0 Å². The molecule has 3 nitrogen and oxygen atoms in total. The Morgan fingerprint density at radius 1 is 0.905 bits per heavy atom. The monoisotopic (exact) mass is 311 g/mol. The average molecular weight is 311 g/mol. The van der Waals surface area contributed by atoms with Crippen molar-refractivity contribution in [3.63, 3.8) is 0 Å². The number of rotatable bonds is 12. The molecule has 0 aromatic heterocycles. The van der Waals surface area contributed by atoms with E-state index in [1.807, 2.05) is 20.8 Å². The molecule has 0 aromatic carbocycles. The van der Waals surface area contributed by atoms with E-state index in [1.165, 1.54) is 57.8 Å². The zero-order valence-corrected chi connectivity index (χ0v) is 17.3. The molecule has 0 heterocycles. The van der Waals surface area contributed by atoms with Crippen LogP contribution < -0.4 is 35.7 Å². The normalized spacial score (nSPS) is 10.5. The molecule has 0 amide bonds. The van der Waals surface area contributed by atoms with Crippen LogP contribution >= 0.6 is 0 Å². The molecular weight excluding hydrogens is 273 g/mol. The molecule has 0 aliphatic heterocycles. The Morgan fingerprint density at radius 3 is 1.76 bits per heavy atom. The third-order valence-corrected chi connectivity index (χ3v) is 3.56. The summed E-state index contributed by atoms with van der Waals surface area (Å²) in [5.74, 6) is -0.0825. The van der Waals surface area contributed by atoms with Gasteiger partial charge >= 0.3 is 35.5 Å². The number of hydrogen-bond donors (Lipinski definition) is 1. The fraction of sp³-hybridized carbons (Fsp3) is 0.941. The van der Waals surface area contributed by atoms with Gasteiger partial charge in [-0.25, -0.2) is 0 Å². The molecule has 4 heteroatoms. The number of esters is 1. The van der Waals surface area contributed by atoms with Crippen LogP contribution in [0.3, 0.4) is 0 Å². The van der Waals surface area contributed by atoms with Crippen molar-refractivity contribution in [2.75, 3.05) is 0 Å². The van der Waals surface area contributed by atoms with Gasteiger partial charge in [0.25, 0.3) is 0 Å². The smallest absolute Gasteiger partial charge is 1.00 e. The van der Waals surface area contributed by atoms with Crippen LogP contribution in [-0.2, 0) is 9.53 Å². The van der Waals surface area contributed by atoms with E-state index < -0.39 is 0 Å². The maximum absolute atomic E-state index is 11.3. The van der Waals surface area contributed by atoms with Gasteiger partial charge in [-0.05, 0) is 26.7 Å². The van der Waals surface area contributed by atoms with Gasteiger partial charge in [-0.3, -0.25) is 4.79 Å². The summed E-state index contributed by atoms with van der Waals surface area (Å²) in [6.45, 7) is 8.14. The van der Waals surface area contributed by atoms with Crippen LogP contribution in [0, 0.1) is 0 Å². The Hall–Kier alpha value is 0.430. The third-order valence-electron chi connectivity index (χ3n) is 3.56. The van der Waals surface area contributed by atoms with Crippen molar-refractivity contribution in [1.82, 2.24) is 6.15 Å². The molecule has 0 aliphatic rings. The second-order valence-corrected chi connectivity index (χ2v) is 6.17. The van der Waals surface area contributed by atoms with E-state index >= 15 is 0 Å². The standard InChI is InChI=1S/C17H34O2.H3N.Na.H/c1-5-7-8-9-10-11-12-13-14-15-17(3,4)19-16(18)6-2;;;/h5-15H2,1-4H3;1H3;;/q;;+1;-1. The molecule has 0 radical (unpaired) electrons. The molecular formula is C17H38NNaO2. The van der Waals surface area contributed by atoms with E-state index in [9.17, 15) is 4.79 Å². The van der Waals surface area contributed by atoms with Crippen LogP contribution in [-0.4, -0.2) is 11.6 Å². The van der Waals surface area contributed by atoms with Gasteiger partial charge in [0, 0.05) is 6.42 Å².